The predicted octanol–water partition coefficient (Wildman–Crippen LogP) is 1.52. The maximum atomic E-state index is 12.5. The Hall–Kier alpha value is -2.61. The SMILES string of the molecule is COc1ccc2[nH]nc(C(=O)OC3CN4CCC3CC4)c2c1.O=CO. The van der Waals surface area contributed by atoms with E-state index in [1.54, 1.807) is 7.11 Å². The van der Waals surface area contributed by atoms with E-state index in [0.717, 1.165) is 43.4 Å². The second-order valence-corrected chi connectivity index (χ2v) is 6.17. The zero-order valence-corrected chi connectivity index (χ0v) is 14.0. The van der Waals surface area contributed by atoms with E-state index in [0.29, 0.717) is 17.4 Å². The van der Waals surface area contributed by atoms with Gasteiger partial charge in [-0.3, -0.25) is 14.8 Å². The third-order valence-electron chi connectivity index (χ3n) is 4.82. The van der Waals surface area contributed by atoms with Crippen molar-refractivity contribution in [1.29, 1.82) is 0 Å². The largest absolute Gasteiger partial charge is 0.497 e. The number of hydrogen-bond donors (Lipinski definition) is 2. The number of nitrogens with zero attached hydrogens (tertiary/aromatic N) is 2. The molecule has 1 atom stereocenters. The Morgan fingerprint density at radius 1 is 1.40 bits per heavy atom. The molecule has 5 rings (SSSR count). The normalized spacial score (nSPS) is 24.3. The van der Waals surface area contributed by atoms with Crippen molar-refractivity contribution in [1.82, 2.24) is 15.1 Å². The minimum Gasteiger partial charge on any atom is -0.497 e. The number of carboxylic acid groups (broad SMARTS) is 1. The van der Waals surface area contributed by atoms with Crippen LogP contribution in [-0.4, -0.2) is 65.5 Å². The quantitative estimate of drug-likeness (QED) is 0.641. The van der Waals surface area contributed by atoms with Crippen LogP contribution in [0.5, 0.6) is 5.75 Å². The van der Waals surface area contributed by atoms with Crippen LogP contribution in [0.2, 0.25) is 0 Å². The highest BCUT2D eigenvalue weighted by molar-refractivity contribution is 6.02. The number of carbonyl (C=O) groups excluding carboxylic acids is 1. The molecule has 0 radical (unpaired) electrons. The van der Waals surface area contributed by atoms with Crippen LogP contribution in [0.25, 0.3) is 10.9 Å². The van der Waals surface area contributed by atoms with Crippen molar-refractivity contribution in [3.8, 4) is 5.75 Å². The number of hydrogen-bond acceptors (Lipinski definition) is 6. The molecular weight excluding hydrogens is 326 g/mol. The molecule has 3 saturated heterocycles. The number of carbonyl (C=O) groups is 2. The molecule has 0 saturated carbocycles. The van der Waals surface area contributed by atoms with Gasteiger partial charge < -0.3 is 14.6 Å². The minimum atomic E-state index is -0.349. The lowest BCUT2D eigenvalue weighted by Crippen LogP contribution is -2.51. The van der Waals surface area contributed by atoms with Gasteiger partial charge >= 0.3 is 5.97 Å². The van der Waals surface area contributed by atoms with Crippen molar-refractivity contribution < 1.29 is 24.2 Å². The first kappa shape index (κ1) is 17.2. The summed E-state index contributed by atoms with van der Waals surface area (Å²) in [7, 11) is 1.60. The summed E-state index contributed by atoms with van der Waals surface area (Å²) in [6, 6.07) is 5.50. The Labute approximate surface area is 144 Å². The Morgan fingerprint density at radius 3 is 2.72 bits per heavy atom. The molecule has 1 aromatic heterocycles. The number of aromatic amines is 1. The topological polar surface area (TPSA) is 105 Å². The van der Waals surface area contributed by atoms with Crippen molar-refractivity contribution in [3.05, 3.63) is 23.9 Å². The van der Waals surface area contributed by atoms with E-state index < -0.39 is 0 Å². The summed E-state index contributed by atoms with van der Waals surface area (Å²) >= 11 is 0. The Balaban J connectivity index is 0.000000569. The highest BCUT2D eigenvalue weighted by atomic mass is 16.5. The fourth-order valence-corrected chi connectivity index (χ4v) is 3.51. The zero-order chi connectivity index (χ0) is 17.8. The molecule has 2 bridgehead atoms. The van der Waals surface area contributed by atoms with Crippen molar-refractivity contribution in [2.24, 2.45) is 5.92 Å². The number of esters is 1. The Morgan fingerprint density at radius 2 is 2.12 bits per heavy atom. The predicted molar refractivity (Wildman–Crippen MR) is 89.7 cm³/mol. The van der Waals surface area contributed by atoms with Gasteiger partial charge in [-0.1, -0.05) is 0 Å². The average molecular weight is 347 g/mol. The van der Waals surface area contributed by atoms with Gasteiger partial charge in [0, 0.05) is 11.9 Å². The summed E-state index contributed by atoms with van der Waals surface area (Å²) in [5.74, 6) is 0.845. The Bertz CT molecular complexity index is 752. The number of rotatable bonds is 3. The van der Waals surface area contributed by atoms with Gasteiger partial charge in [-0.15, -0.1) is 0 Å². The lowest BCUT2D eigenvalue weighted by molar-refractivity contribution is -0.122. The van der Waals surface area contributed by atoms with Crippen LogP contribution in [-0.2, 0) is 9.53 Å². The monoisotopic (exact) mass is 347 g/mol. The number of methoxy groups -OCH3 is 1. The van der Waals surface area contributed by atoms with E-state index in [9.17, 15) is 4.79 Å². The summed E-state index contributed by atoms with van der Waals surface area (Å²) in [6.07, 6.45) is 2.23. The molecule has 1 aromatic carbocycles. The van der Waals surface area contributed by atoms with Gasteiger partial charge in [-0.2, -0.15) is 5.10 Å². The minimum absolute atomic E-state index is 0.00708. The van der Waals surface area contributed by atoms with E-state index >= 15 is 0 Å². The highest BCUT2D eigenvalue weighted by Gasteiger charge is 2.37. The molecule has 0 amide bonds. The van der Waals surface area contributed by atoms with E-state index in [4.69, 9.17) is 19.4 Å². The van der Waals surface area contributed by atoms with Gasteiger partial charge in [0.25, 0.3) is 6.47 Å². The summed E-state index contributed by atoms with van der Waals surface area (Å²) in [4.78, 5) is 23.2. The first-order chi connectivity index (χ1) is 12.2. The van der Waals surface area contributed by atoms with E-state index in [1.165, 1.54) is 0 Å². The molecule has 8 nitrogen and oxygen atoms in total. The van der Waals surface area contributed by atoms with Gasteiger partial charge in [-0.05, 0) is 50.0 Å². The number of aromatic nitrogens is 2. The van der Waals surface area contributed by atoms with Crippen LogP contribution >= 0.6 is 0 Å². The van der Waals surface area contributed by atoms with Crippen LogP contribution in [0.3, 0.4) is 0 Å². The van der Waals surface area contributed by atoms with Crippen molar-refractivity contribution in [3.63, 3.8) is 0 Å². The van der Waals surface area contributed by atoms with Gasteiger partial charge in [-0.25, -0.2) is 4.79 Å². The lowest BCUT2D eigenvalue weighted by atomic mass is 9.86. The number of nitrogens with one attached hydrogen (secondary N) is 1. The third kappa shape index (κ3) is 3.58. The van der Waals surface area contributed by atoms with Crippen LogP contribution < -0.4 is 4.74 Å². The number of piperidine rings is 3. The van der Waals surface area contributed by atoms with E-state index in [2.05, 4.69) is 15.1 Å². The average Bonchev–Trinajstić information content (AvgIpc) is 3.06. The smallest absolute Gasteiger partial charge is 0.359 e. The number of H-pyrrole nitrogens is 1. The molecule has 3 aliphatic rings. The van der Waals surface area contributed by atoms with Gasteiger partial charge in [0.1, 0.15) is 11.9 Å². The van der Waals surface area contributed by atoms with Gasteiger partial charge in [0.05, 0.1) is 12.6 Å². The molecule has 0 aliphatic carbocycles. The molecule has 25 heavy (non-hydrogen) atoms. The molecule has 3 aliphatic heterocycles. The van der Waals surface area contributed by atoms with Crippen molar-refractivity contribution in [2.75, 3.05) is 26.7 Å². The Kier molecular flexibility index (Phi) is 5.18. The second-order valence-electron chi connectivity index (χ2n) is 6.17. The summed E-state index contributed by atoms with van der Waals surface area (Å²) in [5, 5.41) is 14.6. The van der Waals surface area contributed by atoms with Crippen LogP contribution in [0.1, 0.15) is 23.3 Å². The first-order valence-corrected chi connectivity index (χ1v) is 8.19. The maximum Gasteiger partial charge on any atom is 0.359 e. The lowest BCUT2D eigenvalue weighted by Gasteiger charge is -2.43. The summed E-state index contributed by atoms with van der Waals surface area (Å²) in [5.41, 5.74) is 1.15. The molecular formula is C17H21N3O5. The molecule has 134 valence electrons. The second kappa shape index (κ2) is 7.52. The first-order valence-electron chi connectivity index (χ1n) is 8.19. The third-order valence-corrected chi connectivity index (χ3v) is 4.82. The number of ether oxygens (including phenoxy) is 2. The summed E-state index contributed by atoms with van der Waals surface area (Å²) in [6.45, 7) is 2.85. The molecule has 2 N–H and O–H groups in total. The van der Waals surface area contributed by atoms with E-state index in [1.807, 2.05) is 18.2 Å². The van der Waals surface area contributed by atoms with Gasteiger partial charge in [0.2, 0.25) is 0 Å². The molecule has 0 spiro atoms. The van der Waals surface area contributed by atoms with E-state index in [-0.39, 0.29) is 18.5 Å². The molecule has 2 aromatic rings. The summed E-state index contributed by atoms with van der Waals surface area (Å²) < 4.78 is 11.0. The van der Waals surface area contributed by atoms with Crippen molar-refractivity contribution >= 4 is 23.3 Å². The molecule has 8 heteroatoms. The number of fused-ring (bicyclic) bond motifs is 4. The fourth-order valence-electron chi connectivity index (χ4n) is 3.51. The van der Waals surface area contributed by atoms with Crippen molar-refractivity contribution in [2.45, 2.75) is 18.9 Å². The fraction of sp³-hybridized carbons (Fsp3) is 0.471. The van der Waals surface area contributed by atoms with Crippen LogP contribution in [0.4, 0.5) is 0 Å². The molecule has 4 heterocycles. The highest BCUT2D eigenvalue weighted by Crippen LogP contribution is 2.30. The zero-order valence-electron chi connectivity index (χ0n) is 14.0. The molecule has 1 unspecified atom stereocenters. The number of benzene rings is 1. The standard InChI is InChI=1S/C16H19N3O3.CH2O2/c1-21-11-2-3-13-12(8-11)15(18-17-13)16(20)22-14-9-19-6-4-10(14)5-7-19;2-1-3/h2-3,8,10,14H,4-7,9H2,1H3,(H,17,18);1H,(H,2,3). The maximum absolute atomic E-state index is 12.5. The molecule has 3 fully saturated rings. The van der Waals surface area contributed by atoms with Crippen LogP contribution in [0, 0.1) is 5.92 Å². The van der Waals surface area contributed by atoms with Crippen LogP contribution in [0.15, 0.2) is 18.2 Å². The van der Waals surface area contributed by atoms with Gasteiger partial charge in [0.15, 0.2) is 5.69 Å².